The lowest BCUT2D eigenvalue weighted by Crippen LogP contribution is -2.37. The van der Waals surface area contributed by atoms with Crippen LogP contribution in [0.5, 0.6) is 0 Å². The number of aliphatic hydroxyl groups excluding tert-OH is 1. The molecule has 0 saturated carbocycles. The summed E-state index contributed by atoms with van der Waals surface area (Å²) in [7, 11) is 0. The summed E-state index contributed by atoms with van der Waals surface area (Å²) in [5.41, 5.74) is 3.63. The van der Waals surface area contributed by atoms with Crippen molar-refractivity contribution >= 4 is 0 Å². The Hall–Kier alpha value is -1.65. The molecule has 0 bridgehead atoms. The van der Waals surface area contributed by atoms with Gasteiger partial charge in [0.15, 0.2) is 0 Å². The average Bonchev–Trinajstić information content (AvgIpc) is 3.00. The summed E-state index contributed by atoms with van der Waals surface area (Å²) in [4.78, 5) is 4.25. The van der Waals surface area contributed by atoms with E-state index in [0.717, 1.165) is 5.69 Å². The highest BCUT2D eigenvalue weighted by Gasteiger charge is 2.39. The maximum Gasteiger partial charge on any atom is 0.0956 e. The van der Waals surface area contributed by atoms with Crippen molar-refractivity contribution < 1.29 is 9.84 Å². The molecular formula is C15H16N2O2. The molecule has 1 fully saturated rings. The molecule has 1 unspecified atom stereocenters. The number of hydrogen-bond donors (Lipinski definition) is 1. The minimum absolute atomic E-state index is 0.102. The van der Waals surface area contributed by atoms with Crippen LogP contribution in [0, 0.1) is 5.92 Å². The maximum absolute atomic E-state index is 10.3. The zero-order valence-corrected chi connectivity index (χ0v) is 10.6. The van der Waals surface area contributed by atoms with Crippen molar-refractivity contribution in [2.75, 3.05) is 13.2 Å². The summed E-state index contributed by atoms with van der Waals surface area (Å²) in [6.45, 7) is 1.26. The molecule has 4 heteroatoms. The largest absolute Gasteiger partial charge is 0.393 e. The highest BCUT2D eigenvalue weighted by molar-refractivity contribution is 5.69. The van der Waals surface area contributed by atoms with Crippen LogP contribution < -0.4 is 0 Å². The molecule has 1 N–H and O–H groups in total. The normalized spacial score (nSPS) is 29.0. The van der Waals surface area contributed by atoms with E-state index in [9.17, 15) is 5.11 Å². The van der Waals surface area contributed by atoms with Gasteiger partial charge in [-0.1, -0.05) is 24.3 Å². The molecule has 3 heterocycles. The van der Waals surface area contributed by atoms with Crippen LogP contribution in [0.2, 0.25) is 0 Å². The standard InChI is InChI=1S/C15H16N2O2/c18-14-5-6-19-8-12(14)15-11-4-2-1-3-10(11)13-7-16-9-17(13)15/h1-4,7,9,12,14-15,18H,5-6,8H2/t12?,14-,15+/m0/s1. The van der Waals surface area contributed by atoms with Crippen molar-refractivity contribution in [3.05, 3.63) is 42.4 Å². The lowest BCUT2D eigenvalue weighted by atomic mass is 9.86. The minimum atomic E-state index is -0.305. The third-order valence-electron chi connectivity index (χ3n) is 4.29. The molecule has 98 valence electrons. The van der Waals surface area contributed by atoms with E-state index in [1.165, 1.54) is 11.1 Å². The Balaban J connectivity index is 1.84. The molecule has 3 atom stereocenters. The van der Waals surface area contributed by atoms with Crippen LogP contribution in [0.3, 0.4) is 0 Å². The molecule has 19 heavy (non-hydrogen) atoms. The van der Waals surface area contributed by atoms with Gasteiger partial charge in [-0.05, 0) is 12.0 Å². The summed E-state index contributed by atoms with van der Waals surface area (Å²) >= 11 is 0. The van der Waals surface area contributed by atoms with Crippen molar-refractivity contribution in [1.29, 1.82) is 0 Å². The van der Waals surface area contributed by atoms with Gasteiger partial charge in [0.2, 0.25) is 0 Å². The van der Waals surface area contributed by atoms with E-state index in [4.69, 9.17) is 4.74 Å². The van der Waals surface area contributed by atoms with Gasteiger partial charge in [-0.25, -0.2) is 4.98 Å². The molecule has 2 aliphatic heterocycles. The van der Waals surface area contributed by atoms with Crippen molar-refractivity contribution in [3.63, 3.8) is 0 Å². The first-order valence-corrected chi connectivity index (χ1v) is 6.73. The van der Waals surface area contributed by atoms with Crippen LogP contribution in [0.1, 0.15) is 18.0 Å². The molecule has 1 aromatic carbocycles. The van der Waals surface area contributed by atoms with Crippen molar-refractivity contribution in [2.24, 2.45) is 5.92 Å². The predicted molar refractivity (Wildman–Crippen MR) is 70.7 cm³/mol. The zero-order chi connectivity index (χ0) is 12.8. The van der Waals surface area contributed by atoms with Gasteiger partial charge in [-0.15, -0.1) is 0 Å². The van der Waals surface area contributed by atoms with Gasteiger partial charge in [0, 0.05) is 18.1 Å². The topological polar surface area (TPSA) is 47.3 Å². The Kier molecular flexibility index (Phi) is 2.47. The molecule has 1 aromatic heterocycles. The fourth-order valence-electron chi connectivity index (χ4n) is 3.36. The number of benzene rings is 1. The summed E-state index contributed by atoms with van der Waals surface area (Å²) in [6.07, 6.45) is 4.17. The highest BCUT2D eigenvalue weighted by Crippen LogP contribution is 2.44. The van der Waals surface area contributed by atoms with Crippen LogP contribution >= 0.6 is 0 Å². The summed E-state index contributed by atoms with van der Waals surface area (Å²) in [5, 5.41) is 10.3. The molecular weight excluding hydrogens is 240 g/mol. The molecule has 1 saturated heterocycles. The van der Waals surface area contributed by atoms with E-state index in [0.29, 0.717) is 19.6 Å². The monoisotopic (exact) mass is 256 g/mol. The Morgan fingerprint density at radius 2 is 2.21 bits per heavy atom. The van der Waals surface area contributed by atoms with Crippen molar-refractivity contribution in [1.82, 2.24) is 9.55 Å². The first-order valence-electron chi connectivity index (χ1n) is 6.73. The second-order valence-electron chi connectivity index (χ2n) is 5.31. The molecule has 0 spiro atoms. The van der Waals surface area contributed by atoms with Crippen molar-refractivity contribution in [3.8, 4) is 11.3 Å². The Morgan fingerprint density at radius 3 is 3.11 bits per heavy atom. The van der Waals surface area contributed by atoms with Crippen LogP contribution in [-0.2, 0) is 4.74 Å². The Labute approximate surface area is 111 Å². The van der Waals surface area contributed by atoms with E-state index >= 15 is 0 Å². The molecule has 4 rings (SSSR count). The van der Waals surface area contributed by atoms with Gasteiger partial charge >= 0.3 is 0 Å². The van der Waals surface area contributed by atoms with E-state index in [2.05, 4.69) is 27.8 Å². The lowest BCUT2D eigenvalue weighted by molar-refractivity contribution is -0.0481. The quantitative estimate of drug-likeness (QED) is 0.847. The van der Waals surface area contributed by atoms with Crippen LogP contribution in [0.15, 0.2) is 36.8 Å². The summed E-state index contributed by atoms with van der Waals surface area (Å²) < 4.78 is 7.75. The van der Waals surface area contributed by atoms with Gasteiger partial charge < -0.3 is 14.4 Å². The van der Waals surface area contributed by atoms with E-state index < -0.39 is 0 Å². The van der Waals surface area contributed by atoms with E-state index in [1.807, 2.05) is 18.6 Å². The van der Waals surface area contributed by atoms with Gasteiger partial charge in [0.25, 0.3) is 0 Å². The fourth-order valence-corrected chi connectivity index (χ4v) is 3.36. The number of fused-ring (bicyclic) bond motifs is 3. The smallest absolute Gasteiger partial charge is 0.0956 e. The highest BCUT2D eigenvalue weighted by atomic mass is 16.5. The number of aromatic nitrogens is 2. The summed E-state index contributed by atoms with van der Waals surface area (Å²) in [6, 6.07) is 8.52. The maximum atomic E-state index is 10.3. The third kappa shape index (κ3) is 1.57. The van der Waals surface area contributed by atoms with Crippen LogP contribution in [0.25, 0.3) is 11.3 Å². The van der Waals surface area contributed by atoms with Gasteiger partial charge in [0.05, 0.1) is 37.0 Å². The van der Waals surface area contributed by atoms with Gasteiger partial charge in [-0.2, -0.15) is 0 Å². The first-order chi connectivity index (χ1) is 9.36. The molecule has 0 radical (unpaired) electrons. The number of rotatable bonds is 1. The fraction of sp³-hybridized carbons (Fsp3) is 0.400. The number of hydrogen-bond acceptors (Lipinski definition) is 3. The third-order valence-corrected chi connectivity index (χ3v) is 4.29. The zero-order valence-electron chi connectivity index (χ0n) is 10.6. The second-order valence-corrected chi connectivity index (χ2v) is 5.31. The molecule has 2 aromatic rings. The number of ether oxygens (including phenoxy) is 1. The summed E-state index contributed by atoms with van der Waals surface area (Å²) in [5.74, 6) is 0.102. The number of aliphatic hydroxyl groups is 1. The van der Waals surface area contributed by atoms with E-state index in [-0.39, 0.29) is 18.1 Å². The number of imidazole rings is 1. The molecule has 0 aliphatic carbocycles. The molecule has 2 aliphatic rings. The van der Waals surface area contributed by atoms with Crippen LogP contribution in [-0.4, -0.2) is 34.0 Å². The Morgan fingerprint density at radius 1 is 1.32 bits per heavy atom. The second kappa shape index (κ2) is 4.18. The minimum Gasteiger partial charge on any atom is -0.393 e. The Bertz CT molecular complexity index is 608. The molecule has 4 nitrogen and oxygen atoms in total. The van der Waals surface area contributed by atoms with Gasteiger partial charge in [-0.3, -0.25) is 0 Å². The number of nitrogens with zero attached hydrogens (tertiary/aromatic N) is 2. The molecule has 0 amide bonds. The van der Waals surface area contributed by atoms with Gasteiger partial charge in [0.1, 0.15) is 0 Å². The first kappa shape index (κ1) is 11.2. The lowest BCUT2D eigenvalue weighted by Gasteiger charge is -2.33. The SMILES string of the molecule is O[C@H]1CCOCC1[C@H]1c2ccccc2-c2cncn21. The average molecular weight is 256 g/mol. The van der Waals surface area contributed by atoms with Crippen molar-refractivity contribution in [2.45, 2.75) is 18.6 Å². The van der Waals surface area contributed by atoms with Crippen LogP contribution in [0.4, 0.5) is 0 Å². The predicted octanol–water partition coefficient (Wildman–Crippen LogP) is 1.85. The van der Waals surface area contributed by atoms with E-state index in [1.54, 1.807) is 0 Å².